The smallest absolute Gasteiger partial charge is 0.352 e. The van der Waals surface area contributed by atoms with Gasteiger partial charge in [0.2, 0.25) is 0 Å². The standard InChI is InChI=1S/C18H16N2O2/c1-8-5-4-6-11-12-7-13-14(9(2)16(12)20-15(8)11)10(3)17(19-13)18(21)22/h4-7,19-20H,1-3H3,(H,21,22). The highest BCUT2D eigenvalue weighted by Crippen LogP contribution is 2.35. The van der Waals surface area contributed by atoms with Crippen LogP contribution in [0.25, 0.3) is 32.7 Å². The van der Waals surface area contributed by atoms with Gasteiger partial charge < -0.3 is 15.1 Å². The Morgan fingerprint density at radius 1 is 1.00 bits per heavy atom. The van der Waals surface area contributed by atoms with Gasteiger partial charge in [0.15, 0.2) is 0 Å². The van der Waals surface area contributed by atoms with Crippen molar-refractivity contribution in [1.29, 1.82) is 0 Å². The van der Waals surface area contributed by atoms with Crippen LogP contribution >= 0.6 is 0 Å². The molecule has 2 heterocycles. The monoisotopic (exact) mass is 292 g/mol. The molecular weight excluding hydrogens is 276 g/mol. The fourth-order valence-corrected chi connectivity index (χ4v) is 3.52. The van der Waals surface area contributed by atoms with E-state index in [0.29, 0.717) is 0 Å². The topological polar surface area (TPSA) is 68.9 Å². The molecule has 0 bridgehead atoms. The fraction of sp³-hybridized carbons (Fsp3) is 0.167. The van der Waals surface area contributed by atoms with Crippen molar-refractivity contribution in [1.82, 2.24) is 9.97 Å². The quantitative estimate of drug-likeness (QED) is 0.486. The molecule has 0 saturated carbocycles. The van der Waals surface area contributed by atoms with Gasteiger partial charge in [0.1, 0.15) is 5.69 Å². The first-order valence-electron chi connectivity index (χ1n) is 7.25. The highest BCUT2D eigenvalue weighted by molar-refractivity contribution is 6.15. The summed E-state index contributed by atoms with van der Waals surface area (Å²) in [5.41, 5.74) is 6.45. The number of aromatic carboxylic acids is 1. The van der Waals surface area contributed by atoms with Gasteiger partial charge in [-0.3, -0.25) is 0 Å². The lowest BCUT2D eigenvalue weighted by atomic mass is 10.0. The summed E-state index contributed by atoms with van der Waals surface area (Å²) >= 11 is 0. The van der Waals surface area contributed by atoms with Gasteiger partial charge in [0.25, 0.3) is 0 Å². The second-order valence-electron chi connectivity index (χ2n) is 5.90. The minimum atomic E-state index is -0.919. The van der Waals surface area contributed by atoms with E-state index in [9.17, 15) is 9.90 Å². The zero-order chi connectivity index (χ0) is 15.6. The number of hydrogen-bond donors (Lipinski definition) is 3. The minimum Gasteiger partial charge on any atom is -0.477 e. The van der Waals surface area contributed by atoms with Crippen molar-refractivity contribution in [2.45, 2.75) is 20.8 Å². The van der Waals surface area contributed by atoms with Crippen molar-refractivity contribution in [2.75, 3.05) is 0 Å². The molecule has 4 heteroatoms. The molecule has 0 aliphatic rings. The second-order valence-corrected chi connectivity index (χ2v) is 5.90. The summed E-state index contributed by atoms with van der Waals surface area (Å²) in [5.74, 6) is -0.919. The minimum absolute atomic E-state index is 0.270. The molecule has 0 fully saturated rings. The number of rotatable bonds is 1. The van der Waals surface area contributed by atoms with Crippen LogP contribution < -0.4 is 0 Å². The Hall–Kier alpha value is -2.75. The Kier molecular flexibility index (Phi) is 2.43. The third kappa shape index (κ3) is 1.49. The van der Waals surface area contributed by atoms with Crippen LogP contribution in [-0.4, -0.2) is 21.0 Å². The molecule has 0 aliphatic heterocycles. The number of carboxylic acids is 1. The van der Waals surface area contributed by atoms with Crippen molar-refractivity contribution in [2.24, 2.45) is 0 Å². The number of fused-ring (bicyclic) bond motifs is 4. The van der Waals surface area contributed by atoms with Gasteiger partial charge in [-0.05, 0) is 43.5 Å². The van der Waals surface area contributed by atoms with E-state index < -0.39 is 5.97 Å². The number of H-pyrrole nitrogens is 2. The summed E-state index contributed by atoms with van der Waals surface area (Å²) in [5, 5.41) is 12.6. The molecule has 0 spiro atoms. The maximum Gasteiger partial charge on any atom is 0.352 e. The summed E-state index contributed by atoms with van der Waals surface area (Å²) in [7, 11) is 0. The van der Waals surface area contributed by atoms with Gasteiger partial charge in [-0.15, -0.1) is 0 Å². The zero-order valence-corrected chi connectivity index (χ0v) is 12.7. The fourth-order valence-electron chi connectivity index (χ4n) is 3.52. The SMILES string of the molecule is Cc1cccc2c1[nH]c1c(C)c3c(C)c(C(=O)O)[nH]c3cc12. The van der Waals surface area contributed by atoms with E-state index in [1.54, 1.807) is 0 Å². The Balaban J connectivity index is 2.24. The van der Waals surface area contributed by atoms with Crippen LogP contribution in [0.2, 0.25) is 0 Å². The molecule has 4 rings (SSSR count). The summed E-state index contributed by atoms with van der Waals surface area (Å²) in [4.78, 5) is 17.9. The van der Waals surface area contributed by atoms with Crippen LogP contribution in [0.4, 0.5) is 0 Å². The van der Waals surface area contributed by atoms with Crippen LogP contribution in [0.3, 0.4) is 0 Å². The van der Waals surface area contributed by atoms with Crippen molar-refractivity contribution >= 4 is 38.7 Å². The highest BCUT2D eigenvalue weighted by Gasteiger charge is 2.18. The molecule has 110 valence electrons. The maximum atomic E-state index is 11.4. The number of carbonyl (C=O) groups is 1. The average molecular weight is 292 g/mol. The summed E-state index contributed by atoms with van der Waals surface area (Å²) in [6.45, 7) is 5.99. The van der Waals surface area contributed by atoms with Crippen LogP contribution in [0, 0.1) is 20.8 Å². The van der Waals surface area contributed by atoms with Gasteiger partial charge in [0.05, 0.1) is 5.52 Å². The molecule has 0 atom stereocenters. The summed E-state index contributed by atoms with van der Waals surface area (Å²) in [6.07, 6.45) is 0. The second kappa shape index (κ2) is 4.13. The van der Waals surface area contributed by atoms with E-state index in [1.165, 1.54) is 10.9 Å². The molecule has 0 amide bonds. The predicted molar refractivity (Wildman–Crippen MR) is 88.8 cm³/mol. The molecule has 2 aromatic carbocycles. The zero-order valence-electron chi connectivity index (χ0n) is 12.7. The number of para-hydroxylation sites is 1. The lowest BCUT2D eigenvalue weighted by Crippen LogP contribution is -1.98. The lowest BCUT2D eigenvalue weighted by molar-refractivity contribution is 0.0691. The van der Waals surface area contributed by atoms with Crippen LogP contribution in [0.5, 0.6) is 0 Å². The van der Waals surface area contributed by atoms with Crippen LogP contribution in [-0.2, 0) is 0 Å². The predicted octanol–water partition coefficient (Wildman–Crippen LogP) is 4.43. The normalized spacial score (nSPS) is 11.8. The summed E-state index contributed by atoms with van der Waals surface area (Å²) in [6, 6.07) is 8.29. The number of nitrogens with one attached hydrogen (secondary N) is 2. The number of aromatic nitrogens is 2. The first kappa shape index (κ1) is 13.0. The van der Waals surface area contributed by atoms with Crippen LogP contribution in [0.15, 0.2) is 24.3 Å². The molecule has 3 N–H and O–H groups in total. The van der Waals surface area contributed by atoms with E-state index in [1.807, 2.05) is 19.9 Å². The van der Waals surface area contributed by atoms with Crippen molar-refractivity contribution < 1.29 is 9.90 Å². The third-order valence-electron chi connectivity index (χ3n) is 4.61. The Bertz CT molecular complexity index is 1080. The number of hydrogen-bond acceptors (Lipinski definition) is 1. The highest BCUT2D eigenvalue weighted by atomic mass is 16.4. The van der Waals surface area contributed by atoms with E-state index in [2.05, 4.69) is 35.1 Å². The first-order chi connectivity index (χ1) is 10.5. The number of aromatic amines is 2. The third-order valence-corrected chi connectivity index (χ3v) is 4.61. The largest absolute Gasteiger partial charge is 0.477 e. The van der Waals surface area contributed by atoms with E-state index in [0.717, 1.165) is 38.4 Å². The van der Waals surface area contributed by atoms with Crippen LogP contribution in [0.1, 0.15) is 27.2 Å². The molecule has 0 aliphatic carbocycles. The van der Waals surface area contributed by atoms with Crippen molar-refractivity contribution in [3.63, 3.8) is 0 Å². The van der Waals surface area contributed by atoms with E-state index in [4.69, 9.17) is 0 Å². The van der Waals surface area contributed by atoms with Gasteiger partial charge in [-0.25, -0.2) is 4.79 Å². The molecule has 4 nitrogen and oxygen atoms in total. The maximum absolute atomic E-state index is 11.4. The number of benzene rings is 2. The molecule has 0 saturated heterocycles. The molecule has 0 unspecified atom stereocenters. The van der Waals surface area contributed by atoms with E-state index >= 15 is 0 Å². The Morgan fingerprint density at radius 3 is 2.50 bits per heavy atom. The number of aryl methyl sites for hydroxylation is 3. The van der Waals surface area contributed by atoms with Crippen molar-refractivity contribution in [3.8, 4) is 0 Å². The molecule has 22 heavy (non-hydrogen) atoms. The van der Waals surface area contributed by atoms with Gasteiger partial charge >= 0.3 is 5.97 Å². The molecule has 0 radical (unpaired) electrons. The lowest BCUT2D eigenvalue weighted by Gasteiger charge is -2.01. The van der Waals surface area contributed by atoms with Gasteiger partial charge in [-0.1, -0.05) is 18.2 Å². The van der Waals surface area contributed by atoms with Gasteiger partial charge in [0, 0.05) is 27.2 Å². The van der Waals surface area contributed by atoms with E-state index in [-0.39, 0.29) is 5.69 Å². The van der Waals surface area contributed by atoms with Gasteiger partial charge in [-0.2, -0.15) is 0 Å². The Labute approximate surface area is 126 Å². The van der Waals surface area contributed by atoms with Crippen molar-refractivity contribution in [3.05, 3.63) is 46.6 Å². The molecule has 2 aromatic heterocycles. The summed E-state index contributed by atoms with van der Waals surface area (Å²) < 4.78 is 0. The molecular formula is C18H16N2O2. The Morgan fingerprint density at radius 2 is 1.77 bits per heavy atom. The number of carboxylic acid groups (broad SMARTS) is 1. The average Bonchev–Trinajstić information content (AvgIpc) is 3.00. The molecule has 4 aromatic rings. The first-order valence-corrected chi connectivity index (χ1v) is 7.25.